The van der Waals surface area contributed by atoms with Gasteiger partial charge in [0.2, 0.25) is 5.76 Å². The third-order valence-electron chi connectivity index (χ3n) is 2.96. The quantitative estimate of drug-likeness (QED) is 0.119. The van der Waals surface area contributed by atoms with E-state index in [1.807, 2.05) is 0 Å². The van der Waals surface area contributed by atoms with Crippen LogP contribution in [0.15, 0.2) is 16.5 Å². The molecule has 1 aliphatic rings. The summed E-state index contributed by atoms with van der Waals surface area (Å²) in [6.07, 6.45) is -2.32. The summed E-state index contributed by atoms with van der Waals surface area (Å²) in [6.45, 7) is -0.266. The van der Waals surface area contributed by atoms with Crippen molar-refractivity contribution in [3.05, 3.63) is 11.5 Å². The monoisotopic (exact) mass is 332 g/mol. The van der Waals surface area contributed by atoms with E-state index in [2.05, 4.69) is 9.73 Å². The molecule has 11 nitrogen and oxygen atoms in total. The number of nitrogens with two attached hydrogens (primary N) is 3. The lowest BCUT2D eigenvalue weighted by molar-refractivity contribution is -0.155. The van der Waals surface area contributed by atoms with Gasteiger partial charge in [0.25, 0.3) is 0 Å². The molecule has 3 atom stereocenters. The summed E-state index contributed by atoms with van der Waals surface area (Å²) < 4.78 is 9.29. The number of guanidine groups is 1. The average Bonchev–Trinajstić information content (AvgIpc) is 2.76. The molecule has 0 unspecified atom stereocenters. The Hall–Kier alpha value is -2.53. The maximum absolute atomic E-state index is 11.6. The van der Waals surface area contributed by atoms with Crippen molar-refractivity contribution in [1.82, 2.24) is 0 Å². The number of rotatable bonds is 8. The van der Waals surface area contributed by atoms with Crippen LogP contribution in [0.3, 0.4) is 0 Å². The Kier molecular flexibility index (Phi) is 6.60. The van der Waals surface area contributed by atoms with Crippen LogP contribution in [0.25, 0.3) is 0 Å². The number of ether oxygens (including phenoxy) is 2. The Bertz CT molecular complexity index is 516. The van der Waals surface area contributed by atoms with E-state index in [0.29, 0.717) is 13.0 Å². The molecule has 1 aliphatic heterocycles. The van der Waals surface area contributed by atoms with Crippen molar-refractivity contribution in [1.29, 1.82) is 0 Å². The summed E-state index contributed by atoms with van der Waals surface area (Å²) in [5.74, 6) is -3.83. The van der Waals surface area contributed by atoms with Gasteiger partial charge in [-0.15, -0.1) is 0 Å². The molecule has 0 aromatic rings. The Labute approximate surface area is 131 Å². The van der Waals surface area contributed by atoms with Crippen LogP contribution >= 0.6 is 0 Å². The Morgan fingerprint density at radius 1 is 1.39 bits per heavy atom. The van der Waals surface area contributed by atoms with Crippen molar-refractivity contribution in [2.45, 2.75) is 31.1 Å². The zero-order valence-electron chi connectivity index (χ0n) is 12.2. The summed E-state index contributed by atoms with van der Waals surface area (Å²) in [7, 11) is 0. The van der Waals surface area contributed by atoms with Crippen molar-refractivity contribution in [2.75, 3.05) is 13.2 Å². The largest absolute Gasteiger partial charge is 0.505 e. The van der Waals surface area contributed by atoms with Gasteiger partial charge >= 0.3 is 11.9 Å². The van der Waals surface area contributed by atoms with Gasteiger partial charge in [0.05, 0.1) is 0 Å². The molecule has 1 heterocycles. The number of esters is 2. The van der Waals surface area contributed by atoms with Crippen LogP contribution < -0.4 is 17.2 Å². The van der Waals surface area contributed by atoms with Crippen LogP contribution in [-0.4, -0.2) is 64.6 Å². The zero-order chi connectivity index (χ0) is 17.6. The number of carbonyl (C=O) groups is 2. The number of carbonyl (C=O) groups excluding carboxylic acids is 2. The van der Waals surface area contributed by atoms with Gasteiger partial charge in [-0.05, 0) is 12.8 Å². The van der Waals surface area contributed by atoms with Gasteiger partial charge in [-0.25, -0.2) is 4.79 Å². The molecule has 0 saturated heterocycles. The van der Waals surface area contributed by atoms with E-state index in [-0.39, 0.29) is 12.4 Å². The second kappa shape index (κ2) is 8.19. The van der Waals surface area contributed by atoms with E-state index >= 15 is 0 Å². The first-order valence-electron chi connectivity index (χ1n) is 6.72. The minimum Gasteiger partial charge on any atom is -0.505 e. The van der Waals surface area contributed by atoms with Crippen LogP contribution in [0, 0.1) is 0 Å². The van der Waals surface area contributed by atoms with Crippen LogP contribution in [0.5, 0.6) is 0 Å². The summed E-state index contributed by atoms with van der Waals surface area (Å²) in [5.41, 5.74) is 15.9. The van der Waals surface area contributed by atoms with Crippen molar-refractivity contribution in [3.8, 4) is 0 Å². The molecule has 130 valence electrons. The second-order valence-corrected chi connectivity index (χ2v) is 4.81. The first-order valence-corrected chi connectivity index (χ1v) is 6.72. The lowest BCUT2D eigenvalue weighted by atomic mass is 10.1. The summed E-state index contributed by atoms with van der Waals surface area (Å²) in [4.78, 5) is 26.3. The summed E-state index contributed by atoms with van der Waals surface area (Å²) in [6, 6.07) is -0.944. The van der Waals surface area contributed by atoms with E-state index in [1.54, 1.807) is 0 Å². The van der Waals surface area contributed by atoms with Crippen LogP contribution in [0.4, 0.5) is 0 Å². The number of nitrogens with zero attached hydrogens (tertiary/aromatic N) is 1. The van der Waals surface area contributed by atoms with Crippen molar-refractivity contribution in [3.63, 3.8) is 0 Å². The molecule has 0 amide bonds. The normalized spacial score (nSPS) is 19.9. The second-order valence-electron chi connectivity index (χ2n) is 4.81. The third-order valence-corrected chi connectivity index (χ3v) is 2.96. The van der Waals surface area contributed by atoms with E-state index < -0.39 is 48.3 Å². The number of aliphatic imine (C=N–C) groups is 1. The standard InChI is InChI=1S/C12H20N4O7/c13-5(2-1-3-16-12(14)15)10(20)22-4-6(17)9-7(18)8(19)11(21)23-9/h5-6,9,17-19H,1-4,13H2,(H4,14,15,16)/t5-,6-,9+/m0/s1. The maximum Gasteiger partial charge on any atom is 0.377 e. The first-order chi connectivity index (χ1) is 10.7. The Morgan fingerprint density at radius 2 is 2.04 bits per heavy atom. The molecule has 9 N–H and O–H groups in total. The van der Waals surface area contributed by atoms with E-state index in [9.17, 15) is 19.8 Å². The van der Waals surface area contributed by atoms with Crippen molar-refractivity contribution in [2.24, 2.45) is 22.2 Å². The predicted octanol–water partition coefficient (Wildman–Crippen LogP) is -2.48. The number of aliphatic hydroxyl groups excluding tert-OH is 3. The molecule has 23 heavy (non-hydrogen) atoms. The summed E-state index contributed by atoms with van der Waals surface area (Å²) >= 11 is 0. The first kappa shape index (κ1) is 18.5. The number of aliphatic hydroxyl groups is 3. The lowest BCUT2D eigenvalue weighted by Crippen LogP contribution is -2.38. The fourth-order valence-electron chi connectivity index (χ4n) is 1.73. The smallest absolute Gasteiger partial charge is 0.377 e. The zero-order valence-corrected chi connectivity index (χ0v) is 12.2. The van der Waals surface area contributed by atoms with Gasteiger partial charge in [0.1, 0.15) is 18.8 Å². The Morgan fingerprint density at radius 3 is 2.57 bits per heavy atom. The van der Waals surface area contributed by atoms with E-state index in [0.717, 1.165) is 0 Å². The van der Waals surface area contributed by atoms with Crippen molar-refractivity contribution < 1.29 is 34.4 Å². The number of hydrogen-bond acceptors (Lipinski definition) is 9. The van der Waals surface area contributed by atoms with Crippen LogP contribution in [-0.2, 0) is 19.1 Å². The molecule has 0 aromatic heterocycles. The highest BCUT2D eigenvalue weighted by molar-refractivity contribution is 5.89. The maximum atomic E-state index is 11.6. The molecule has 0 aromatic carbocycles. The highest BCUT2D eigenvalue weighted by Crippen LogP contribution is 2.21. The fraction of sp³-hybridized carbons (Fsp3) is 0.583. The van der Waals surface area contributed by atoms with Crippen LogP contribution in [0.1, 0.15) is 12.8 Å². The topological polar surface area (TPSA) is 204 Å². The van der Waals surface area contributed by atoms with Gasteiger partial charge < -0.3 is 42.0 Å². The average molecular weight is 332 g/mol. The molecule has 0 radical (unpaired) electrons. The van der Waals surface area contributed by atoms with E-state index in [4.69, 9.17) is 27.0 Å². The molecule has 0 saturated carbocycles. The number of hydrogen-bond donors (Lipinski definition) is 6. The molecule has 1 rings (SSSR count). The molecule has 0 aliphatic carbocycles. The van der Waals surface area contributed by atoms with Gasteiger partial charge in [-0.3, -0.25) is 9.79 Å². The fourth-order valence-corrected chi connectivity index (χ4v) is 1.73. The lowest BCUT2D eigenvalue weighted by Gasteiger charge is -2.18. The third kappa shape index (κ3) is 5.30. The molecule has 0 fully saturated rings. The predicted molar refractivity (Wildman–Crippen MR) is 77.0 cm³/mol. The van der Waals surface area contributed by atoms with Gasteiger partial charge in [0, 0.05) is 6.54 Å². The molecule has 11 heteroatoms. The van der Waals surface area contributed by atoms with Gasteiger partial charge in [0.15, 0.2) is 17.8 Å². The molecular formula is C12H20N4O7. The molecular weight excluding hydrogens is 312 g/mol. The van der Waals surface area contributed by atoms with Gasteiger partial charge in [-0.2, -0.15) is 0 Å². The molecule has 0 spiro atoms. The Balaban J connectivity index is 2.35. The SMILES string of the molecule is NC(N)=NCCC[C@H](N)C(=O)OC[C@H](O)[C@H]1OC(=O)C(O)=C1O. The minimum absolute atomic E-state index is 0.0634. The van der Waals surface area contributed by atoms with E-state index in [1.165, 1.54) is 0 Å². The highest BCUT2D eigenvalue weighted by atomic mass is 16.6. The molecule has 0 bridgehead atoms. The van der Waals surface area contributed by atoms with Crippen LogP contribution in [0.2, 0.25) is 0 Å². The minimum atomic E-state index is -1.54. The number of cyclic esters (lactones) is 1. The van der Waals surface area contributed by atoms with Crippen molar-refractivity contribution >= 4 is 17.9 Å². The van der Waals surface area contributed by atoms with Gasteiger partial charge in [-0.1, -0.05) is 0 Å². The summed E-state index contributed by atoms with van der Waals surface area (Å²) in [5, 5.41) is 28.2. The highest BCUT2D eigenvalue weighted by Gasteiger charge is 2.39.